The molecule has 0 aromatic heterocycles. The van der Waals surface area contributed by atoms with Crippen molar-refractivity contribution in [2.75, 3.05) is 20.2 Å². The molecule has 31 heavy (non-hydrogen) atoms. The Morgan fingerprint density at radius 2 is 2.19 bits per heavy atom. The van der Waals surface area contributed by atoms with E-state index >= 15 is 0 Å². The molecule has 1 unspecified atom stereocenters. The quantitative estimate of drug-likeness (QED) is 0.526. The molecule has 2 heterocycles. The number of hydrogen-bond donors (Lipinski definition) is 0. The average Bonchev–Trinajstić information content (AvgIpc) is 3.36. The number of rotatable bonds is 7. The van der Waals surface area contributed by atoms with Gasteiger partial charge in [0.05, 0.1) is 31.0 Å². The van der Waals surface area contributed by atoms with Crippen LogP contribution in [0.3, 0.4) is 0 Å². The minimum absolute atomic E-state index is 0.0817. The number of ether oxygens (including phenoxy) is 1. The van der Waals surface area contributed by atoms with Crippen LogP contribution in [0.5, 0.6) is 5.75 Å². The minimum Gasteiger partial charge on any atom is -0.497 e. The van der Waals surface area contributed by atoms with Gasteiger partial charge < -0.3 is 9.64 Å². The molecule has 0 N–H and O–H groups in total. The van der Waals surface area contributed by atoms with E-state index in [9.17, 15) is 0 Å². The first kappa shape index (κ1) is 21.5. The van der Waals surface area contributed by atoms with Crippen molar-refractivity contribution >= 4 is 23.1 Å². The van der Waals surface area contributed by atoms with Crippen molar-refractivity contribution in [2.24, 2.45) is 10.1 Å². The summed E-state index contributed by atoms with van der Waals surface area (Å²) in [5, 5.41) is 7.70. The van der Waals surface area contributed by atoms with Crippen LogP contribution in [0.25, 0.3) is 0 Å². The zero-order valence-electron chi connectivity index (χ0n) is 18.7. The van der Waals surface area contributed by atoms with Crippen LogP contribution in [0.4, 0.5) is 0 Å². The zero-order chi connectivity index (χ0) is 22.0. The molecule has 162 valence electrons. The summed E-state index contributed by atoms with van der Waals surface area (Å²) in [7, 11) is 1.65. The molecule has 2 aliphatic heterocycles. The summed E-state index contributed by atoms with van der Waals surface area (Å²) in [5.41, 5.74) is 4.34. The Hall–Kier alpha value is -2.71. The Balaban J connectivity index is 1.77. The molecule has 1 aliphatic carbocycles. The number of methoxy groups -OCH3 is 1. The smallest absolute Gasteiger partial charge is 0.146 e. The van der Waals surface area contributed by atoms with Gasteiger partial charge >= 0.3 is 0 Å². The Labute approximate surface area is 190 Å². The third-order valence-corrected chi connectivity index (χ3v) is 6.27. The maximum atomic E-state index is 6.67. The molecule has 3 aliphatic rings. The van der Waals surface area contributed by atoms with Gasteiger partial charge in [-0.15, -0.1) is 5.92 Å². The number of halogens is 1. The normalized spacial score (nSPS) is 19.2. The highest BCUT2D eigenvalue weighted by Gasteiger charge is 2.41. The van der Waals surface area contributed by atoms with Crippen LogP contribution in [0.15, 0.2) is 51.5 Å². The number of aliphatic imine (C=N–C) groups is 1. The van der Waals surface area contributed by atoms with Crippen molar-refractivity contribution in [1.82, 2.24) is 9.91 Å². The van der Waals surface area contributed by atoms with E-state index in [1.165, 1.54) is 5.57 Å². The largest absolute Gasteiger partial charge is 0.497 e. The van der Waals surface area contributed by atoms with Crippen LogP contribution in [0, 0.1) is 11.8 Å². The molecular weight excluding hydrogens is 408 g/mol. The maximum Gasteiger partial charge on any atom is 0.146 e. The molecule has 4 rings (SSSR count). The van der Waals surface area contributed by atoms with Crippen LogP contribution in [0.1, 0.15) is 57.9 Å². The molecule has 0 amide bonds. The second kappa shape index (κ2) is 9.20. The first-order chi connectivity index (χ1) is 15.1. The molecule has 0 radical (unpaired) electrons. The summed E-state index contributed by atoms with van der Waals surface area (Å²) in [6, 6.07) is 5.83. The number of hydrazone groups is 1. The number of benzene rings is 1. The van der Waals surface area contributed by atoms with Crippen molar-refractivity contribution in [1.29, 1.82) is 0 Å². The summed E-state index contributed by atoms with van der Waals surface area (Å²) < 4.78 is 5.34. The SMILES string of the molecule is CC#CCN(CCCC)C1=C2CCC=C2N=C2C(c3ccc(OC)cc3Cl)C(C)=NN21. The lowest BCUT2D eigenvalue weighted by Gasteiger charge is -2.35. The number of fused-ring (bicyclic) bond motifs is 2. The van der Waals surface area contributed by atoms with Gasteiger partial charge in [0.1, 0.15) is 17.4 Å². The Bertz CT molecular complexity index is 1060. The summed E-state index contributed by atoms with van der Waals surface area (Å²) in [4.78, 5) is 7.44. The summed E-state index contributed by atoms with van der Waals surface area (Å²) in [6.07, 6.45) is 6.48. The lowest BCUT2D eigenvalue weighted by molar-refractivity contribution is 0.284. The number of amidine groups is 1. The van der Waals surface area contributed by atoms with Crippen molar-refractivity contribution < 1.29 is 4.74 Å². The number of nitrogens with zero attached hydrogens (tertiary/aromatic N) is 4. The second-order valence-electron chi connectivity index (χ2n) is 7.98. The minimum atomic E-state index is -0.0817. The Kier molecular flexibility index (Phi) is 6.38. The molecule has 0 saturated carbocycles. The van der Waals surface area contributed by atoms with Crippen LogP contribution >= 0.6 is 11.6 Å². The molecule has 1 aromatic carbocycles. The molecule has 0 spiro atoms. The van der Waals surface area contributed by atoms with E-state index in [2.05, 4.69) is 36.7 Å². The Morgan fingerprint density at radius 3 is 2.90 bits per heavy atom. The van der Waals surface area contributed by atoms with Gasteiger partial charge in [0.15, 0.2) is 0 Å². The van der Waals surface area contributed by atoms with E-state index in [4.69, 9.17) is 26.4 Å². The molecular formula is C25H29ClN4O. The fraction of sp³-hybridized carbons (Fsp3) is 0.440. The number of allylic oxidation sites excluding steroid dienone is 2. The zero-order valence-corrected chi connectivity index (χ0v) is 19.5. The van der Waals surface area contributed by atoms with Crippen molar-refractivity contribution in [3.8, 4) is 17.6 Å². The van der Waals surface area contributed by atoms with Gasteiger partial charge in [-0.25, -0.2) is 10.0 Å². The molecule has 0 fully saturated rings. The monoisotopic (exact) mass is 436 g/mol. The van der Waals surface area contributed by atoms with Crippen LogP contribution < -0.4 is 4.74 Å². The van der Waals surface area contributed by atoms with Gasteiger partial charge in [-0.05, 0) is 50.8 Å². The van der Waals surface area contributed by atoms with Gasteiger partial charge in [-0.3, -0.25) is 0 Å². The van der Waals surface area contributed by atoms with Crippen LogP contribution in [-0.2, 0) is 0 Å². The van der Waals surface area contributed by atoms with Crippen molar-refractivity contribution in [3.63, 3.8) is 0 Å². The predicted molar refractivity (Wildman–Crippen MR) is 127 cm³/mol. The third-order valence-electron chi connectivity index (χ3n) is 5.94. The van der Waals surface area contributed by atoms with Crippen molar-refractivity contribution in [3.05, 3.63) is 52.0 Å². The molecule has 1 aromatic rings. The van der Waals surface area contributed by atoms with Crippen molar-refractivity contribution in [2.45, 2.75) is 52.4 Å². The fourth-order valence-electron chi connectivity index (χ4n) is 4.38. The first-order valence-electron chi connectivity index (χ1n) is 10.9. The fourth-order valence-corrected chi connectivity index (χ4v) is 4.66. The van der Waals surface area contributed by atoms with Gasteiger partial charge in [0, 0.05) is 17.1 Å². The van der Waals surface area contributed by atoms with E-state index in [1.807, 2.05) is 30.1 Å². The molecule has 1 atom stereocenters. The van der Waals surface area contributed by atoms with Crippen LogP contribution in [-0.4, -0.2) is 41.7 Å². The van der Waals surface area contributed by atoms with Gasteiger partial charge in [0.2, 0.25) is 0 Å². The molecule has 5 nitrogen and oxygen atoms in total. The van der Waals surface area contributed by atoms with E-state index in [1.54, 1.807) is 7.11 Å². The average molecular weight is 437 g/mol. The first-order valence-corrected chi connectivity index (χ1v) is 11.3. The van der Waals surface area contributed by atoms with E-state index in [-0.39, 0.29) is 5.92 Å². The van der Waals surface area contributed by atoms with Gasteiger partial charge in [0.25, 0.3) is 0 Å². The third kappa shape index (κ3) is 3.97. The number of unbranched alkanes of at least 4 members (excludes halogenated alkanes) is 1. The number of hydrogen-bond acceptors (Lipinski definition) is 5. The second-order valence-corrected chi connectivity index (χ2v) is 8.38. The van der Waals surface area contributed by atoms with E-state index in [0.717, 1.165) is 66.6 Å². The highest BCUT2D eigenvalue weighted by molar-refractivity contribution is 6.32. The highest BCUT2D eigenvalue weighted by atomic mass is 35.5. The summed E-state index contributed by atoms with van der Waals surface area (Å²) in [5.74, 6) is 9.03. The topological polar surface area (TPSA) is 40.4 Å². The predicted octanol–water partition coefficient (Wildman–Crippen LogP) is 5.55. The maximum absolute atomic E-state index is 6.67. The lowest BCUT2D eigenvalue weighted by atomic mass is 9.93. The van der Waals surface area contributed by atoms with Crippen LogP contribution in [0.2, 0.25) is 5.02 Å². The standard InChI is InChI=1S/C25H29ClN4O/c1-5-7-14-29(15-8-6-2)25-20-10-9-11-22(20)27-24-23(17(3)28-30(24)25)19-13-12-18(31-4)16-21(19)26/h11-13,16,23H,5,7,9-10,14-15H2,1-4H3. The highest BCUT2D eigenvalue weighted by Crippen LogP contribution is 2.43. The van der Waals surface area contributed by atoms with Gasteiger partial charge in [-0.1, -0.05) is 43.0 Å². The van der Waals surface area contributed by atoms with Gasteiger partial charge in [-0.2, -0.15) is 5.10 Å². The molecule has 6 heteroatoms. The lowest BCUT2D eigenvalue weighted by Crippen LogP contribution is -2.39. The van der Waals surface area contributed by atoms with E-state index in [0.29, 0.717) is 11.6 Å². The summed E-state index contributed by atoms with van der Waals surface area (Å²) in [6.45, 7) is 7.81. The van der Waals surface area contributed by atoms with E-state index < -0.39 is 0 Å². The molecule has 0 saturated heterocycles. The molecule has 0 bridgehead atoms. The Morgan fingerprint density at radius 1 is 1.35 bits per heavy atom. The summed E-state index contributed by atoms with van der Waals surface area (Å²) >= 11 is 6.67.